The van der Waals surface area contributed by atoms with E-state index >= 15 is 0 Å². The molecule has 0 saturated heterocycles. The summed E-state index contributed by atoms with van der Waals surface area (Å²) in [6.07, 6.45) is 3.09. The number of rotatable bonds is 1. The summed E-state index contributed by atoms with van der Waals surface area (Å²) in [6, 6.07) is 5.92. The predicted molar refractivity (Wildman–Crippen MR) is 71.0 cm³/mol. The first kappa shape index (κ1) is 11.4. The van der Waals surface area contributed by atoms with Gasteiger partial charge in [0.05, 0.1) is 23.9 Å². The van der Waals surface area contributed by atoms with Crippen LogP contribution in [0.15, 0.2) is 18.2 Å². The van der Waals surface area contributed by atoms with Crippen molar-refractivity contribution in [3.63, 3.8) is 0 Å². The molecule has 4 nitrogen and oxygen atoms in total. The van der Waals surface area contributed by atoms with Crippen LogP contribution in [0.25, 0.3) is 0 Å². The lowest BCUT2D eigenvalue weighted by Crippen LogP contribution is -2.41. The molecule has 2 N–H and O–H groups in total. The van der Waals surface area contributed by atoms with Crippen LogP contribution in [0.1, 0.15) is 26.2 Å². The minimum atomic E-state index is -0.299. The van der Waals surface area contributed by atoms with Crippen molar-refractivity contribution in [1.82, 2.24) is 0 Å². The maximum absolute atomic E-state index is 12.4. The molecule has 0 aromatic heterocycles. The highest BCUT2D eigenvalue weighted by atomic mass is 16.5. The third kappa shape index (κ3) is 1.55. The molecule has 96 valence electrons. The molecule has 3 rings (SSSR count). The number of carbonyl (C=O) groups excluding carboxylic acids is 1. The van der Waals surface area contributed by atoms with Gasteiger partial charge in [0, 0.05) is 12.1 Å². The van der Waals surface area contributed by atoms with Crippen LogP contribution in [0.2, 0.25) is 0 Å². The zero-order chi connectivity index (χ0) is 12.8. The summed E-state index contributed by atoms with van der Waals surface area (Å²) in [6.45, 7) is 2.05. The van der Waals surface area contributed by atoms with Crippen LogP contribution in [-0.4, -0.2) is 19.1 Å². The van der Waals surface area contributed by atoms with E-state index in [9.17, 15) is 4.79 Å². The van der Waals surface area contributed by atoms with E-state index in [4.69, 9.17) is 4.74 Å². The molecule has 1 fully saturated rings. The van der Waals surface area contributed by atoms with Gasteiger partial charge in [-0.2, -0.15) is 0 Å². The highest BCUT2D eigenvalue weighted by Gasteiger charge is 2.46. The van der Waals surface area contributed by atoms with E-state index < -0.39 is 0 Å². The van der Waals surface area contributed by atoms with Crippen LogP contribution < -0.4 is 15.4 Å². The topological polar surface area (TPSA) is 50.4 Å². The van der Waals surface area contributed by atoms with Crippen LogP contribution in [0.5, 0.6) is 5.75 Å². The number of ether oxygens (including phenoxy) is 1. The SMILES string of the molecule is COc1ccc2c(c1)NC1CCCC1(C)C(=O)N2. The molecule has 1 aromatic rings. The molecular formula is C14H18N2O2. The number of benzene rings is 1. The smallest absolute Gasteiger partial charge is 0.232 e. The van der Waals surface area contributed by atoms with Crippen molar-refractivity contribution in [3.8, 4) is 5.75 Å². The summed E-state index contributed by atoms with van der Waals surface area (Å²) in [7, 11) is 1.65. The molecule has 0 spiro atoms. The lowest BCUT2D eigenvalue weighted by Gasteiger charge is -2.27. The molecule has 0 radical (unpaired) electrons. The lowest BCUT2D eigenvalue weighted by molar-refractivity contribution is -0.124. The summed E-state index contributed by atoms with van der Waals surface area (Å²) in [5, 5.41) is 6.53. The zero-order valence-electron chi connectivity index (χ0n) is 10.7. The number of amides is 1. The van der Waals surface area contributed by atoms with Crippen LogP contribution >= 0.6 is 0 Å². The van der Waals surface area contributed by atoms with Gasteiger partial charge >= 0.3 is 0 Å². The maximum Gasteiger partial charge on any atom is 0.232 e. The summed E-state index contributed by atoms with van der Waals surface area (Å²) in [5.41, 5.74) is 1.50. The zero-order valence-corrected chi connectivity index (χ0v) is 10.7. The van der Waals surface area contributed by atoms with E-state index in [-0.39, 0.29) is 17.4 Å². The van der Waals surface area contributed by atoms with Gasteiger partial charge in [0.1, 0.15) is 5.75 Å². The summed E-state index contributed by atoms with van der Waals surface area (Å²) < 4.78 is 5.23. The lowest BCUT2D eigenvalue weighted by atomic mass is 9.84. The van der Waals surface area contributed by atoms with Gasteiger partial charge in [-0.3, -0.25) is 4.79 Å². The summed E-state index contributed by atoms with van der Waals surface area (Å²) in [4.78, 5) is 12.4. The third-order valence-electron chi connectivity index (χ3n) is 4.28. The van der Waals surface area contributed by atoms with Crippen molar-refractivity contribution < 1.29 is 9.53 Å². The minimum absolute atomic E-state index is 0.126. The Morgan fingerprint density at radius 1 is 1.39 bits per heavy atom. The van der Waals surface area contributed by atoms with Gasteiger partial charge < -0.3 is 15.4 Å². The highest BCUT2D eigenvalue weighted by molar-refractivity contribution is 6.00. The maximum atomic E-state index is 12.4. The van der Waals surface area contributed by atoms with E-state index in [1.54, 1.807) is 7.11 Å². The van der Waals surface area contributed by atoms with E-state index in [1.165, 1.54) is 0 Å². The number of hydrogen-bond donors (Lipinski definition) is 2. The van der Waals surface area contributed by atoms with Crippen molar-refractivity contribution in [2.45, 2.75) is 32.2 Å². The quantitative estimate of drug-likeness (QED) is 0.801. The Hall–Kier alpha value is -1.71. The van der Waals surface area contributed by atoms with Crippen molar-refractivity contribution in [3.05, 3.63) is 18.2 Å². The molecule has 1 aliphatic heterocycles. The van der Waals surface area contributed by atoms with Gasteiger partial charge in [-0.05, 0) is 31.9 Å². The Morgan fingerprint density at radius 3 is 3.00 bits per heavy atom. The average molecular weight is 246 g/mol. The fraction of sp³-hybridized carbons (Fsp3) is 0.500. The molecular weight excluding hydrogens is 228 g/mol. The van der Waals surface area contributed by atoms with Crippen molar-refractivity contribution >= 4 is 17.3 Å². The molecule has 1 saturated carbocycles. The van der Waals surface area contributed by atoms with Gasteiger partial charge in [0.15, 0.2) is 0 Å². The predicted octanol–water partition coefficient (Wildman–Crippen LogP) is 2.62. The van der Waals surface area contributed by atoms with Gasteiger partial charge in [0.2, 0.25) is 5.91 Å². The number of anilines is 2. The van der Waals surface area contributed by atoms with Crippen LogP contribution in [-0.2, 0) is 4.79 Å². The number of hydrogen-bond acceptors (Lipinski definition) is 3. The number of methoxy groups -OCH3 is 1. The Kier molecular flexibility index (Phi) is 2.47. The van der Waals surface area contributed by atoms with E-state index in [0.717, 1.165) is 36.4 Å². The van der Waals surface area contributed by atoms with Crippen molar-refractivity contribution in [2.24, 2.45) is 5.41 Å². The molecule has 1 amide bonds. The second-order valence-electron chi connectivity index (χ2n) is 5.37. The molecule has 1 aliphatic carbocycles. The third-order valence-corrected chi connectivity index (χ3v) is 4.28. The molecule has 1 heterocycles. The monoisotopic (exact) mass is 246 g/mol. The van der Waals surface area contributed by atoms with Crippen LogP contribution in [0.4, 0.5) is 11.4 Å². The molecule has 2 aliphatic rings. The Morgan fingerprint density at radius 2 is 2.22 bits per heavy atom. The van der Waals surface area contributed by atoms with Crippen molar-refractivity contribution in [1.29, 1.82) is 0 Å². The average Bonchev–Trinajstić information content (AvgIpc) is 2.70. The van der Waals surface area contributed by atoms with Crippen molar-refractivity contribution in [2.75, 3.05) is 17.7 Å². The molecule has 0 bridgehead atoms. The standard InChI is InChI=1S/C14H18N2O2/c1-14-7-3-4-12(14)15-11-8-9(18-2)5-6-10(11)16-13(14)17/h5-6,8,12,15H,3-4,7H2,1-2H3,(H,16,17). The van der Waals surface area contributed by atoms with Gasteiger partial charge in [-0.25, -0.2) is 0 Å². The molecule has 2 atom stereocenters. The molecule has 4 heteroatoms. The van der Waals surface area contributed by atoms with Crippen LogP contribution in [0.3, 0.4) is 0 Å². The normalized spacial score (nSPS) is 29.7. The molecule has 1 aromatic carbocycles. The van der Waals surface area contributed by atoms with E-state index in [1.807, 2.05) is 18.2 Å². The Balaban J connectivity index is 2.03. The highest BCUT2D eigenvalue weighted by Crippen LogP contribution is 2.44. The fourth-order valence-electron chi connectivity index (χ4n) is 3.00. The molecule has 18 heavy (non-hydrogen) atoms. The number of carbonyl (C=O) groups is 1. The van der Waals surface area contributed by atoms with E-state index in [0.29, 0.717) is 0 Å². The summed E-state index contributed by atoms with van der Waals surface area (Å²) >= 11 is 0. The second-order valence-corrected chi connectivity index (χ2v) is 5.37. The Bertz CT molecular complexity index is 501. The van der Waals surface area contributed by atoms with Gasteiger partial charge in [0.25, 0.3) is 0 Å². The van der Waals surface area contributed by atoms with Crippen LogP contribution in [0, 0.1) is 5.41 Å². The minimum Gasteiger partial charge on any atom is -0.497 e. The number of fused-ring (bicyclic) bond motifs is 2. The number of nitrogens with one attached hydrogen (secondary N) is 2. The first-order valence-electron chi connectivity index (χ1n) is 6.39. The summed E-state index contributed by atoms with van der Waals surface area (Å²) in [5.74, 6) is 0.929. The first-order valence-corrected chi connectivity index (χ1v) is 6.39. The van der Waals surface area contributed by atoms with Gasteiger partial charge in [-0.15, -0.1) is 0 Å². The second kappa shape index (κ2) is 3.90. The first-order chi connectivity index (χ1) is 8.63. The fourth-order valence-corrected chi connectivity index (χ4v) is 3.00. The Labute approximate surface area is 107 Å². The van der Waals surface area contributed by atoms with Gasteiger partial charge in [-0.1, -0.05) is 6.42 Å². The van der Waals surface area contributed by atoms with E-state index in [2.05, 4.69) is 17.6 Å². The molecule has 2 unspecified atom stereocenters. The largest absolute Gasteiger partial charge is 0.497 e.